The van der Waals surface area contributed by atoms with Crippen molar-refractivity contribution in [3.05, 3.63) is 59.7 Å². The van der Waals surface area contributed by atoms with Gasteiger partial charge in [-0.05, 0) is 50.2 Å². The second-order valence-corrected chi connectivity index (χ2v) is 5.50. The Bertz CT molecular complexity index is 806. The summed E-state index contributed by atoms with van der Waals surface area (Å²) in [6.45, 7) is 4.95. The smallest absolute Gasteiger partial charge is 0.262 e. The number of carbonyl (C=O) groups is 2. The second kappa shape index (κ2) is 9.23. The Hall–Kier alpha value is -3.33. The van der Waals surface area contributed by atoms with Gasteiger partial charge in [0, 0.05) is 24.3 Å². The number of nitrogens with zero attached hydrogens (tertiary/aromatic N) is 2. The van der Waals surface area contributed by atoms with Crippen LogP contribution in [0, 0.1) is 11.3 Å². The fourth-order valence-electron chi connectivity index (χ4n) is 2.41. The largest absolute Gasteiger partial charge is 0.482 e. The molecule has 2 aromatic rings. The molecule has 0 fully saturated rings. The van der Waals surface area contributed by atoms with Crippen LogP contribution in [0.3, 0.4) is 0 Å². The fourth-order valence-corrected chi connectivity index (χ4v) is 2.41. The van der Waals surface area contributed by atoms with E-state index >= 15 is 0 Å². The van der Waals surface area contributed by atoms with Gasteiger partial charge in [-0.2, -0.15) is 5.26 Å². The predicted octanol–water partition coefficient (Wildman–Crippen LogP) is 3.06. The minimum atomic E-state index is -0.347. The number of nitrogens with one attached hydrogen (secondary N) is 1. The normalized spacial score (nSPS) is 9.88. The highest BCUT2D eigenvalue weighted by Crippen LogP contribution is 2.17. The first-order chi connectivity index (χ1) is 12.6. The summed E-state index contributed by atoms with van der Waals surface area (Å²) >= 11 is 0. The van der Waals surface area contributed by atoms with Gasteiger partial charge in [-0.3, -0.25) is 9.59 Å². The molecule has 26 heavy (non-hydrogen) atoms. The van der Waals surface area contributed by atoms with Crippen LogP contribution in [0.4, 0.5) is 5.69 Å². The fraction of sp³-hybridized carbons (Fsp3) is 0.250. The number of anilines is 1. The van der Waals surface area contributed by atoms with E-state index in [1.54, 1.807) is 53.4 Å². The van der Waals surface area contributed by atoms with Crippen LogP contribution in [0.15, 0.2) is 48.5 Å². The van der Waals surface area contributed by atoms with Crippen LogP contribution in [0.1, 0.15) is 29.8 Å². The van der Waals surface area contributed by atoms with Gasteiger partial charge >= 0.3 is 0 Å². The van der Waals surface area contributed by atoms with E-state index in [0.717, 1.165) is 0 Å². The van der Waals surface area contributed by atoms with E-state index in [1.807, 2.05) is 19.9 Å². The van der Waals surface area contributed by atoms with E-state index in [-0.39, 0.29) is 18.4 Å². The van der Waals surface area contributed by atoms with Crippen molar-refractivity contribution in [2.24, 2.45) is 0 Å². The lowest BCUT2D eigenvalue weighted by Gasteiger charge is -2.18. The zero-order valence-electron chi connectivity index (χ0n) is 14.9. The lowest BCUT2D eigenvalue weighted by molar-refractivity contribution is -0.118. The van der Waals surface area contributed by atoms with Gasteiger partial charge in [0.25, 0.3) is 11.8 Å². The molecule has 0 saturated carbocycles. The highest BCUT2D eigenvalue weighted by molar-refractivity contribution is 5.96. The molecule has 6 nitrogen and oxygen atoms in total. The maximum Gasteiger partial charge on any atom is 0.262 e. The number of hydrogen-bond acceptors (Lipinski definition) is 4. The number of para-hydroxylation sites is 1. The van der Waals surface area contributed by atoms with E-state index < -0.39 is 0 Å². The van der Waals surface area contributed by atoms with Gasteiger partial charge in [0.15, 0.2) is 6.61 Å². The van der Waals surface area contributed by atoms with Crippen molar-refractivity contribution in [1.29, 1.82) is 5.26 Å². The molecule has 1 N–H and O–H groups in total. The van der Waals surface area contributed by atoms with Crippen LogP contribution in [-0.4, -0.2) is 36.4 Å². The quantitative estimate of drug-likeness (QED) is 0.831. The maximum absolute atomic E-state index is 12.3. The predicted molar refractivity (Wildman–Crippen MR) is 99.0 cm³/mol. The number of carbonyl (C=O) groups excluding carboxylic acids is 2. The van der Waals surface area contributed by atoms with E-state index in [0.29, 0.717) is 35.7 Å². The Kier molecular flexibility index (Phi) is 6.75. The molecule has 0 radical (unpaired) electrons. The van der Waals surface area contributed by atoms with Gasteiger partial charge in [-0.25, -0.2) is 0 Å². The molecule has 2 rings (SSSR count). The maximum atomic E-state index is 12.3. The molecular weight excluding hydrogens is 330 g/mol. The van der Waals surface area contributed by atoms with Crippen molar-refractivity contribution >= 4 is 17.5 Å². The summed E-state index contributed by atoms with van der Waals surface area (Å²) < 4.78 is 5.39. The van der Waals surface area contributed by atoms with Crippen LogP contribution in [0.5, 0.6) is 5.75 Å². The van der Waals surface area contributed by atoms with Crippen LogP contribution in [0.2, 0.25) is 0 Å². The number of amides is 2. The van der Waals surface area contributed by atoms with Gasteiger partial charge in [-0.15, -0.1) is 0 Å². The number of hydrogen-bond donors (Lipinski definition) is 1. The van der Waals surface area contributed by atoms with Crippen LogP contribution in [0.25, 0.3) is 0 Å². The summed E-state index contributed by atoms with van der Waals surface area (Å²) in [7, 11) is 0. The molecule has 0 aliphatic carbocycles. The van der Waals surface area contributed by atoms with Crippen molar-refractivity contribution < 1.29 is 14.3 Å². The van der Waals surface area contributed by atoms with Crippen molar-refractivity contribution in [3.8, 4) is 11.8 Å². The Morgan fingerprint density at radius 1 is 1.08 bits per heavy atom. The van der Waals surface area contributed by atoms with Gasteiger partial charge in [0.05, 0.1) is 5.56 Å². The molecule has 0 aliphatic rings. The Morgan fingerprint density at radius 2 is 1.73 bits per heavy atom. The summed E-state index contributed by atoms with van der Waals surface area (Å²) in [5.41, 5.74) is 1.52. The van der Waals surface area contributed by atoms with Crippen LogP contribution < -0.4 is 10.1 Å². The summed E-state index contributed by atoms with van der Waals surface area (Å²) in [4.78, 5) is 26.0. The third-order valence-electron chi connectivity index (χ3n) is 3.83. The molecule has 134 valence electrons. The lowest BCUT2D eigenvalue weighted by atomic mass is 10.2. The van der Waals surface area contributed by atoms with Gasteiger partial charge in [-0.1, -0.05) is 12.1 Å². The zero-order valence-corrected chi connectivity index (χ0v) is 14.9. The Labute approximate surface area is 153 Å². The summed E-state index contributed by atoms with van der Waals surface area (Å²) in [6.07, 6.45) is 0. The monoisotopic (exact) mass is 351 g/mol. The van der Waals surface area contributed by atoms with Crippen LogP contribution >= 0.6 is 0 Å². The summed E-state index contributed by atoms with van der Waals surface area (Å²) in [6, 6.07) is 15.5. The molecule has 0 atom stereocenters. The molecule has 2 amide bonds. The molecule has 0 unspecified atom stereocenters. The van der Waals surface area contributed by atoms with E-state index in [9.17, 15) is 9.59 Å². The highest BCUT2D eigenvalue weighted by atomic mass is 16.5. The van der Waals surface area contributed by atoms with Gasteiger partial charge in [0.1, 0.15) is 11.8 Å². The molecule has 0 heterocycles. The first-order valence-corrected chi connectivity index (χ1v) is 8.40. The van der Waals surface area contributed by atoms with Crippen molar-refractivity contribution in [2.75, 3.05) is 25.0 Å². The highest BCUT2D eigenvalue weighted by Gasteiger charge is 2.12. The molecular formula is C20H21N3O3. The standard InChI is InChI=1S/C20H21N3O3/c1-3-23(4-2)20(25)15-9-11-17(12-10-15)22-19(24)14-26-18-8-6-5-7-16(18)13-21/h5-12H,3-4,14H2,1-2H3,(H,22,24). The van der Waals surface area contributed by atoms with Crippen molar-refractivity contribution in [2.45, 2.75) is 13.8 Å². The molecule has 0 saturated heterocycles. The topological polar surface area (TPSA) is 82.4 Å². The zero-order chi connectivity index (χ0) is 18.9. The number of benzene rings is 2. The second-order valence-electron chi connectivity index (χ2n) is 5.50. The average Bonchev–Trinajstić information content (AvgIpc) is 2.68. The summed E-state index contributed by atoms with van der Waals surface area (Å²) in [5.74, 6) is -0.0183. The van der Waals surface area contributed by atoms with E-state index in [1.165, 1.54) is 0 Å². The average molecular weight is 351 g/mol. The minimum absolute atomic E-state index is 0.0377. The number of rotatable bonds is 7. The van der Waals surface area contributed by atoms with Crippen LogP contribution in [-0.2, 0) is 4.79 Å². The molecule has 0 bridgehead atoms. The van der Waals surface area contributed by atoms with Gasteiger partial charge in [0.2, 0.25) is 0 Å². The Morgan fingerprint density at radius 3 is 2.35 bits per heavy atom. The third-order valence-corrected chi connectivity index (χ3v) is 3.83. The third kappa shape index (κ3) is 4.84. The Balaban J connectivity index is 1.93. The van der Waals surface area contributed by atoms with E-state index in [4.69, 9.17) is 10.00 Å². The molecule has 0 spiro atoms. The molecule has 2 aromatic carbocycles. The first kappa shape index (κ1) is 19.0. The van der Waals surface area contributed by atoms with E-state index in [2.05, 4.69) is 5.32 Å². The first-order valence-electron chi connectivity index (χ1n) is 8.40. The molecule has 0 aliphatic heterocycles. The lowest BCUT2D eigenvalue weighted by Crippen LogP contribution is -2.30. The van der Waals surface area contributed by atoms with Crippen molar-refractivity contribution in [3.63, 3.8) is 0 Å². The van der Waals surface area contributed by atoms with Crippen molar-refractivity contribution in [1.82, 2.24) is 4.90 Å². The number of nitriles is 1. The molecule has 6 heteroatoms. The van der Waals surface area contributed by atoms with Gasteiger partial charge < -0.3 is 15.0 Å². The summed E-state index contributed by atoms with van der Waals surface area (Å²) in [5, 5.41) is 11.7. The number of ether oxygens (including phenoxy) is 1. The minimum Gasteiger partial charge on any atom is -0.482 e. The SMILES string of the molecule is CCN(CC)C(=O)c1ccc(NC(=O)COc2ccccc2C#N)cc1. The molecule has 0 aromatic heterocycles.